The number of carboxylic acid groups (broad SMARTS) is 1. The van der Waals surface area contributed by atoms with E-state index in [1.54, 1.807) is 0 Å². The Labute approximate surface area is 117 Å². The van der Waals surface area contributed by atoms with E-state index >= 15 is 0 Å². The third kappa shape index (κ3) is 3.01. The van der Waals surface area contributed by atoms with E-state index in [9.17, 15) is 14.7 Å². The number of carboxylic acids is 1. The molecule has 0 heterocycles. The van der Waals surface area contributed by atoms with E-state index in [1.165, 1.54) is 13.0 Å². The number of carbonyl (C=O) groups is 2. The van der Waals surface area contributed by atoms with Crippen LogP contribution >= 0.6 is 27.5 Å². The number of phenolic OH excluding ortho intramolecular Hbond substituents is 1. The van der Waals surface area contributed by atoms with Crippen LogP contribution in [0.25, 0.3) is 0 Å². The van der Waals surface area contributed by atoms with Gasteiger partial charge in [0.15, 0.2) is 5.78 Å². The van der Waals surface area contributed by atoms with E-state index in [4.69, 9.17) is 22.4 Å². The van der Waals surface area contributed by atoms with Crippen molar-refractivity contribution in [1.82, 2.24) is 0 Å². The van der Waals surface area contributed by atoms with E-state index in [0.29, 0.717) is 5.56 Å². The van der Waals surface area contributed by atoms with E-state index in [-0.39, 0.29) is 33.0 Å². The van der Waals surface area contributed by atoms with Gasteiger partial charge in [-0.05, 0) is 40.9 Å². The Hall–Kier alpha value is -1.11. The summed E-state index contributed by atoms with van der Waals surface area (Å²) in [7, 11) is 0. The molecule has 0 saturated heterocycles. The number of aliphatic carboxylic acids is 1. The van der Waals surface area contributed by atoms with E-state index in [1.807, 2.05) is 0 Å². The molecule has 18 heavy (non-hydrogen) atoms. The minimum absolute atomic E-state index is 0.0527. The van der Waals surface area contributed by atoms with Crippen molar-refractivity contribution in [3.8, 4) is 5.75 Å². The SMILES string of the molecule is CC(=O)c1c(CC(N)C(=O)O)cc(Br)c(O)c1Cl. The Kier molecular flexibility index (Phi) is 4.72. The maximum Gasteiger partial charge on any atom is 0.320 e. The summed E-state index contributed by atoms with van der Waals surface area (Å²) in [4.78, 5) is 22.2. The molecule has 0 bridgehead atoms. The number of Topliss-reactive ketones (excluding diaryl/α,β-unsaturated/α-hetero) is 1. The van der Waals surface area contributed by atoms with Crippen molar-refractivity contribution in [3.05, 3.63) is 26.7 Å². The Morgan fingerprint density at radius 2 is 2.11 bits per heavy atom. The average Bonchev–Trinajstić information content (AvgIpc) is 2.25. The lowest BCUT2D eigenvalue weighted by atomic mass is 9.98. The molecule has 1 rings (SSSR count). The monoisotopic (exact) mass is 335 g/mol. The highest BCUT2D eigenvalue weighted by Crippen LogP contribution is 2.37. The molecule has 0 spiro atoms. The molecule has 0 aliphatic rings. The number of benzene rings is 1. The molecule has 0 amide bonds. The lowest BCUT2D eigenvalue weighted by molar-refractivity contribution is -0.138. The van der Waals surface area contributed by atoms with Gasteiger partial charge in [-0.2, -0.15) is 0 Å². The summed E-state index contributed by atoms with van der Waals surface area (Å²) in [6.07, 6.45) is -0.0527. The lowest BCUT2D eigenvalue weighted by Crippen LogP contribution is -2.32. The molecular weight excluding hydrogens is 325 g/mol. The highest BCUT2D eigenvalue weighted by Gasteiger charge is 2.22. The number of nitrogens with two attached hydrogens (primary N) is 1. The van der Waals surface area contributed by atoms with Gasteiger partial charge in [0.2, 0.25) is 0 Å². The Morgan fingerprint density at radius 3 is 2.56 bits per heavy atom. The number of phenols is 1. The first-order chi connectivity index (χ1) is 8.25. The van der Waals surface area contributed by atoms with Crippen LogP contribution in [0, 0.1) is 0 Å². The van der Waals surface area contributed by atoms with Crippen LogP contribution in [-0.4, -0.2) is 28.0 Å². The number of aromatic hydroxyl groups is 1. The molecule has 1 aromatic rings. The van der Waals surface area contributed by atoms with Crippen molar-refractivity contribution in [2.24, 2.45) is 5.73 Å². The first kappa shape index (κ1) is 14.9. The number of rotatable bonds is 4. The van der Waals surface area contributed by atoms with Gasteiger partial charge in [-0.15, -0.1) is 0 Å². The first-order valence-corrected chi connectivity index (χ1v) is 6.12. The number of ketones is 1. The third-order valence-electron chi connectivity index (χ3n) is 2.38. The van der Waals surface area contributed by atoms with Gasteiger partial charge in [0.25, 0.3) is 0 Å². The maximum atomic E-state index is 11.5. The van der Waals surface area contributed by atoms with Crippen LogP contribution in [0.4, 0.5) is 0 Å². The minimum atomic E-state index is -1.18. The highest BCUT2D eigenvalue weighted by molar-refractivity contribution is 9.10. The summed E-state index contributed by atoms with van der Waals surface area (Å²) < 4.78 is 0.282. The van der Waals surface area contributed by atoms with Crippen LogP contribution in [0.3, 0.4) is 0 Å². The zero-order valence-corrected chi connectivity index (χ0v) is 11.7. The fourth-order valence-corrected chi connectivity index (χ4v) is 2.47. The molecule has 98 valence electrons. The summed E-state index contributed by atoms with van der Waals surface area (Å²) in [5.41, 5.74) is 5.90. The summed E-state index contributed by atoms with van der Waals surface area (Å²) in [5, 5.41) is 18.3. The quantitative estimate of drug-likeness (QED) is 0.730. The smallest absolute Gasteiger partial charge is 0.320 e. The second-order valence-electron chi connectivity index (χ2n) is 3.76. The van der Waals surface area contributed by atoms with Gasteiger partial charge in [-0.3, -0.25) is 9.59 Å². The van der Waals surface area contributed by atoms with Gasteiger partial charge >= 0.3 is 5.97 Å². The van der Waals surface area contributed by atoms with Crippen molar-refractivity contribution < 1.29 is 19.8 Å². The number of hydrogen-bond donors (Lipinski definition) is 3. The molecule has 7 heteroatoms. The van der Waals surface area contributed by atoms with E-state index in [0.717, 1.165) is 0 Å². The predicted octanol–water partition coefficient (Wildman–Crippen LogP) is 1.97. The standard InChI is InChI=1S/C11H11BrClNO4/c1-4(15)8-5(3-7(14)11(17)18)2-6(12)10(16)9(8)13/h2,7,16H,3,14H2,1H3,(H,17,18). The van der Waals surface area contributed by atoms with Crippen LogP contribution in [0.15, 0.2) is 10.5 Å². The molecule has 0 saturated carbocycles. The van der Waals surface area contributed by atoms with Crippen molar-refractivity contribution in [3.63, 3.8) is 0 Å². The summed E-state index contributed by atoms with van der Waals surface area (Å²) in [6.45, 7) is 1.28. The molecular formula is C11H11BrClNO4. The van der Waals surface area contributed by atoms with Gasteiger partial charge in [0, 0.05) is 5.56 Å². The summed E-state index contributed by atoms with van der Waals surface area (Å²) in [5.74, 6) is -1.80. The second kappa shape index (κ2) is 5.69. The Balaban J connectivity index is 3.34. The maximum absolute atomic E-state index is 11.5. The molecule has 0 fully saturated rings. The Bertz CT molecular complexity index is 518. The molecule has 0 radical (unpaired) electrons. The molecule has 4 N–H and O–H groups in total. The van der Waals surface area contributed by atoms with Crippen molar-refractivity contribution in [2.75, 3.05) is 0 Å². The topological polar surface area (TPSA) is 101 Å². The molecule has 1 unspecified atom stereocenters. The van der Waals surface area contributed by atoms with E-state index < -0.39 is 12.0 Å². The predicted molar refractivity (Wildman–Crippen MR) is 70.1 cm³/mol. The fourth-order valence-electron chi connectivity index (χ4n) is 1.52. The molecule has 5 nitrogen and oxygen atoms in total. The first-order valence-electron chi connectivity index (χ1n) is 4.94. The normalized spacial score (nSPS) is 12.2. The molecule has 1 aromatic carbocycles. The van der Waals surface area contributed by atoms with Crippen LogP contribution in [0.5, 0.6) is 5.75 Å². The lowest BCUT2D eigenvalue weighted by Gasteiger charge is -2.14. The molecule has 1 atom stereocenters. The fraction of sp³-hybridized carbons (Fsp3) is 0.273. The number of halogens is 2. The van der Waals surface area contributed by atoms with Crippen molar-refractivity contribution in [2.45, 2.75) is 19.4 Å². The van der Waals surface area contributed by atoms with Crippen LogP contribution in [0.2, 0.25) is 5.02 Å². The second-order valence-corrected chi connectivity index (χ2v) is 4.99. The third-order valence-corrected chi connectivity index (χ3v) is 3.36. The van der Waals surface area contributed by atoms with Crippen LogP contribution in [-0.2, 0) is 11.2 Å². The summed E-state index contributed by atoms with van der Waals surface area (Å²) >= 11 is 8.95. The Morgan fingerprint density at radius 1 is 1.56 bits per heavy atom. The van der Waals surface area contributed by atoms with Gasteiger partial charge in [-0.1, -0.05) is 11.6 Å². The van der Waals surface area contributed by atoms with Gasteiger partial charge in [-0.25, -0.2) is 0 Å². The van der Waals surface area contributed by atoms with E-state index in [2.05, 4.69) is 15.9 Å². The minimum Gasteiger partial charge on any atom is -0.505 e. The van der Waals surface area contributed by atoms with Crippen LogP contribution in [0.1, 0.15) is 22.8 Å². The molecule has 0 aromatic heterocycles. The van der Waals surface area contributed by atoms with Gasteiger partial charge < -0.3 is 15.9 Å². The summed E-state index contributed by atoms with van der Waals surface area (Å²) in [6, 6.07) is 0.302. The van der Waals surface area contributed by atoms with Crippen molar-refractivity contribution >= 4 is 39.3 Å². The van der Waals surface area contributed by atoms with Gasteiger partial charge in [0.05, 0.1) is 9.50 Å². The zero-order valence-electron chi connectivity index (χ0n) is 9.41. The average molecular weight is 337 g/mol. The van der Waals surface area contributed by atoms with Crippen LogP contribution < -0.4 is 5.73 Å². The van der Waals surface area contributed by atoms with Crippen molar-refractivity contribution in [1.29, 1.82) is 0 Å². The van der Waals surface area contributed by atoms with Gasteiger partial charge in [0.1, 0.15) is 11.8 Å². The molecule has 0 aliphatic carbocycles. The number of carbonyl (C=O) groups excluding carboxylic acids is 1. The highest BCUT2D eigenvalue weighted by atomic mass is 79.9. The largest absolute Gasteiger partial charge is 0.505 e. The molecule has 0 aliphatic heterocycles. The zero-order chi connectivity index (χ0) is 14.0. The number of hydrogen-bond acceptors (Lipinski definition) is 4.